The lowest BCUT2D eigenvalue weighted by Crippen LogP contribution is -2.48. The number of rotatable bonds is 4. The Balaban J connectivity index is 2.15. The van der Waals surface area contributed by atoms with Gasteiger partial charge in [0, 0.05) is 17.8 Å². The first-order valence-corrected chi connectivity index (χ1v) is 7.42. The number of hydrogen-bond donors (Lipinski definition) is 3. The molecule has 5 heteroatoms. The lowest BCUT2D eigenvalue weighted by Gasteiger charge is -2.24. The molecule has 3 N–H and O–H groups in total. The zero-order valence-corrected chi connectivity index (χ0v) is 12.9. The van der Waals surface area contributed by atoms with Gasteiger partial charge in [0.25, 0.3) is 0 Å². The van der Waals surface area contributed by atoms with E-state index in [1.54, 1.807) is 0 Å². The van der Waals surface area contributed by atoms with Crippen molar-refractivity contribution in [2.75, 3.05) is 17.2 Å². The Kier molecular flexibility index (Phi) is 4.63. The van der Waals surface area contributed by atoms with E-state index in [1.807, 2.05) is 39.0 Å². The first kappa shape index (κ1) is 15.5. The van der Waals surface area contributed by atoms with Gasteiger partial charge < -0.3 is 16.0 Å². The fourth-order valence-corrected chi connectivity index (χ4v) is 2.49. The van der Waals surface area contributed by atoms with Gasteiger partial charge in [-0.05, 0) is 50.9 Å². The number of nitrogens with one attached hydrogen (secondary N) is 3. The standard InChI is InChI=1S/C16H23N3O2/c1-4-14(20)18-12-7-5-8-13(11(12)2)19-15(21)16(3)9-6-10-17-16/h5,7-8,17H,4,6,9-10H2,1-3H3,(H,18,20)(H,19,21). The molecule has 1 heterocycles. The Morgan fingerprint density at radius 1 is 1.29 bits per heavy atom. The van der Waals surface area contributed by atoms with Crippen molar-refractivity contribution >= 4 is 23.2 Å². The van der Waals surface area contributed by atoms with Gasteiger partial charge in [0.05, 0.1) is 5.54 Å². The molecule has 1 aliphatic rings. The third-order valence-electron chi connectivity index (χ3n) is 4.05. The van der Waals surface area contributed by atoms with Crippen molar-refractivity contribution in [2.24, 2.45) is 0 Å². The quantitative estimate of drug-likeness (QED) is 0.797. The molecule has 1 aromatic carbocycles. The summed E-state index contributed by atoms with van der Waals surface area (Å²) in [6.45, 7) is 6.50. The second-order valence-electron chi connectivity index (χ2n) is 5.70. The largest absolute Gasteiger partial charge is 0.326 e. The smallest absolute Gasteiger partial charge is 0.244 e. The number of amides is 2. The number of carbonyl (C=O) groups excluding carboxylic acids is 2. The van der Waals surface area contributed by atoms with Crippen molar-refractivity contribution in [1.82, 2.24) is 5.32 Å². The molecule has 0 spiro atoms. The van der Waals surface area contributed by atoms with Gasteiger partial charge in [-0.2, -0.15) is 0 Å². The van der Waals surface area contributed by atoms with Crippen LogP contribution in [0.1, 0.15) is 38.7 Å². The molecule has 0 radical (unpaired) electrons. The first-order valence-electron chi connectivity index (χ1n) is 7.42. The highest BCUT2D eigenvalue weighted by Gasteiger charge is 2.36. The van der Waals surface area contributed by atoms with Crippen molar-refractivity contribution in [3.8, 4) is 0 Å². The van der Waals surface area contributed by atoms with Crippen LogP contribution >= 0.6 is 0 Å². The third-order valence-corrected chi connectivity index (χ3v) is 4.05. The van der Waals surface area contributed by atoms with E-state index in [-0.39, 0.29) is 11.8 Å². The van der Waals surface area contributed by atoms with Gasteiger partial charge in [-0.1, -0.05) is 13.0 Å². The van der Waals surface area contributed by atoms with Gasteiger partial charge in [-0.15, -0.1) is 0 Å². The maximum Gasteiger partial charge on any atom is 0.244 e. The first-order chi connectivity index (χ1) is 9.96. The highest BCUT2D eigenvalue weighted by atomic mass is 16.2. The Labute approximate surface area is 125 Å². The highest BCUT2D eigenvalue weighted by Crippen LogP contribution is 2.26. The summed E-state index contributed by atoms with van der Waals surface area (Å²) in [4.78, 5) is 23.9. The SMILES string of the molecule is CCC(=O)Nc1cccc(NC(=O)C2(C)CCCN2)c1C. The van der Waals surface area contributed by atoms with Gasteiger partial charge in [0.1, 0.15) is 0 Å². The van der Waals surface area contributed by atoms with E-state index in [0.29, 0.717) is 6.42 Å². The minimum absolute atomic E-state index is 0.0259. The lowest BCUT2D eigenvalue weighted by atomic mass is 9.99. The molecular weight excluding hydrogens is 266 g/mol. The molecule has 1 atom stereocenters. The molecule has 1 aromatic rings. The molecule has 1 aliphatic heterocycles. The Bertz CT molecular complexity index is 548. The number of hydrogen-bond acceptors (Lipinski definition) is 3. The monoisotopic (exact) mass is 289 g/mol. The van der Waals surface area contributed by atoms with Crippen LogP contribution in [0.4, 0.5) is 11.4 Å². The average molecular weight is 289 g/mol. The number of anilines is 2. The van der Waals surface area contributed by atoms with Gasteiger partial charge in [0.15, 0.2) is 0 Å². The van der Waals surface area contributed by atoms with Crippen LogP contribution < -0.4 is 16.0 Å². The summed E-state index contributed by atoms with van der Waals surface area (Å²) in [5.41, 5.74) is 1.84. The minimum Gasteiger partial charge on any atom is -0.326 e. The van der Waals surface area contributed by atoms with Gasteiger partial charge in [0.2, 0.25) is 11.8 Å². The molecule has 114 valence electrons. The summed E-state index contributed by atoms with van der Waals surface area (Å²) in [5, 5.41) is 9.06. The van der Waals surface area contributed by atoms with E-state index >= 15 is 0 Å². The second-order valence-corrected chi connectivity index (χ2v) is 5.70. The topological polar surface area (TPSA) is 70.2 Å². The lowest BCUT2D eigenvalue weighted by molar-refractivity contribution is -0.121. The van der Waals surface area contributed by atoms with Crippen LogP contribution in [0, 0.1) is 6.92 Å². The van der Waals surface area contributed by atoms with Crippen molar-refractivity contribution in [3.05, 3.63) is 23.8 Å². The maximum absolute atomic E-state index is 12.4. The van der Waals surface area contributed by atoms with Crippen molar-refractivity contribution in [2.45, 2.75) is 45.6 Å². The third kappa shape index (κ3) is 3.42. The summed E-state index contributed by atoms with van der Waals surface area (Å²) in [6, 6.07) is 5.53. The second kappa shape index (κ2) is 6.26. The summed E-state index contributed by atoms with van der Waals surface area (Å²) < 4.78 is 0. The van der Waals surface area contributed by atoms with Crippen LogP contribution in [0.2, 0.25) is 0 Å². The van der Waals surface area contributed by atoms with Crippen LogP contribution in [0.25, 0.3) is 0 Å². The molecule has 0 bridgehead atoms. The van der Waals surface area contributed by atoms with Crippen molar-refractivity contribution < 1.29 is 9.59 Å². The van der Waals surface area contributed by atoms with Crippen molar-refractivity contribution in [1.29, 1.82) is 0 Å². The molecule has 0 aliphatic carbocycles. The molecule has 0 aromatic heterocycles. The van der Waals surface area contributed by atoms with Gasteiger partial charge >= 0.3 is 0 Å². The summed E-state index contributed by atoms with van der Waals surface area (Å²) >= 11 is 0. The van der Waals surface area contributed by atoms with E-state index in [1.165, 1.54) is 0 Å². The van der Waals surface area contributed by atoms with E-state index < -0.39 is 5.54 Å². The van der Waals surface area contributed by atoms with Crippen LogP contribution in [0.15, 0.2) is 18.2 Å². The Morgan fingerprint density at radius 3 is 2.52 bits per heavy atom. The summed E-state index contributed by atoms with van der Waals surface area (Å²) in [6.07, 6.45) is 2.28. The Morgan fingerprint density at radius 2 is 1.95 bits per heavy atom. The average Bonchev–Trinajstić information content (AvgIpc) is 2.91. The van der Waals surface area contributed by atoms with Gasteiger partial charge in [-0.3, -0.25) is 9.59 Å². The van der Waals surface area contributed by atoms with E-state index in [0.717, 1.165) is 36.3 Å². The predicted octanol–water partition coefficient (Wildman–Crippen LogP) is 2.42. The molecule has 21 heavy (non-hydrogen) atoms. The van der Waals surface area contributed by atoms with E-state index in [4.69, 9.17) is 0 Å². The molecule has 2 amide bonds. The number of carbonyl (C=O) groups is 2. The minimum atomic E-state index is -0.505. The van der Waals surface area contributed by atoms with Crippen LogP contribution in [0.5, 0.6) is 0 Å². The zero-order chi connectivity index (χ0) is 15.5. The maximum atomic E-state index is 12.4. The van der Waals surface area contributed by atoms with Crippen LogP contribution in [-0.2, 0) is 9.59 Å². The fraction of sp³-hybridized carbons (Fsp3) is 0.500. The summed E-state index contributed by atoms with van der Waals surface area (Å²) in [5.74, 6) is -0.0620. The van der Waals surface area contributed by atoms with E-state index in [2.05, 4.69) is 16.0 Å². The molecular formula is C16H23N3O2. The normalized spacial score (nSPS) is 21.1. The summed E-state index contributed by atoms with van der Waals surface area (Å²) in [7, 11) is 0. The Hall–Kier alpha value is -1.88. The van der Waals surface area contributed by atoms with Crippen LogP contribution in [-0.4, -0.2) is 23.9 Å². The fourth-order valence-electron chi connectivity index (χ4n) is 2.49. The predicted molar refractivity (Wildman–Crippen MR) is 84.4 cm³/mol. The van der Waals surface area contributed by atoms with Crippen LogP contribution in [0.3, 0.4) is 0 Å². The molecule has 2 rings (SSSR count). The zero-order valence-electron chi connectivity index (χ0n) is 12.9. The molecule has 1 fully saturated rings. The van der Waals surface area contributed by atoms with Gasteiger partial charge in [-0.25, -0.2) is 0 Å². The molecule has 1 unspecified atom stereocenters. The molecule has 5 nitrogen and oxygen atoms in total. The van der Waals surface area contributed by atoms with E-state index in [9.17, 15) is 9.59 Å². The highest BCUT2D eigenvalue weighted by molar-refractivity contribution is 6.00. The van der Waals surface area contributed by atoms with Crippen molar-refractivity contribution in [3.63, 3.8) is 0 Å². The number of benzene rings is 1. The molecule has 1 saturated heterocycles. The molecule has 0 saturated carbocycles.